The third kappa shape index (κ3) is 19.0. The van der Waals surface area contributed by atoms with Gasteiger partial charge in [-0.15, -0.1) is 0 Å². The summed E-state index contributed by atoms with van der Waals surface area (Å²) in [7, 11) is -4.04. The summed E-state index contributed by atoms with van der Waals surface area (Å²) in [5.41, 5.74) is 0. The summed E-state index contributed by atoms with van der Waals surface area (Å²) in [4.78, 5) is 0. The molecule has 2 atom stereocenters. The van der Waals surface area contributed by atoms with Crippen LogP contribution in [0.2, 0.25) is 0 Å². The largest absolute Gasteiger partial charge is 0.393 e. The summed E-state index contributed by atoms with van der Waals surface area (Å²) < 4.78 is 31.8. The Labute approximate surface area is 169 Å². The molecule has 0 bridgehead atoms. The Kier molecular flexibility index (Phi) is 17.8. The van der Waals surface area contributed by atoms with Crippen molar-refractivity contribution in [3.8, 4) is 0 Å². The fraction of sp³-hybridized carbons (Fsp3) is 1.00. The van der Waals surface area contributed by atoms with Crippen molar-refractivity contribution in [2.24, 2.45) is 0 Å². The first-order chi connectivity index (χ1) is 12.9. The molecule has 0 saturated carbocycles. The number of unbranched alkanes of at least 4 members (excludes halogenated alkanes) is 15. The zero-order valence-electron chi connectivity index (χ0n) is 18.0. The van der Waals surface area contributed by atoms with Gasteiger partial charge < -0.3 is 5.11 Å². The number of hydrogen-bond donors (Lipinski definition) is 2. The molecule has 0 saturated heterocycles. The highest BCUT2D eigenvalue weighted by Gasteiger charge is 2.23. The van der Waals surface area contributed by atoms with Crippen LogP contribution >= 0.6 is 0 Å². The minimum Gasteiger partial charge on any atom is -0.393 e. The van der Waals surface area contributed by atoms with E-state index >= 15 is 0 Å². The van der Waals surface area contributed by atoms with Crippen molar-refractivity contribution >= 4 is 10.1 Å². The molecule has 0 heterocycles. The van der Waals surface area contributed by atoms with Gasteiger partial charge in [-0.1, -0.05) is 110 Å². The smallest absolute Gasteiger partial charge is 0.267 e. The van der Waals surface area contributed by atoms with Gasteiger partial charge in [-0.3, -0.25) is 4.55 Å². The Morgan fingerprint density at radius 3 is 1.30 bits per heavy atom. The van der Waals surface area contributed by atoms with Crippen LogP contribution in [-0.4, -0.2) is 29.4 Å². The lowest BCUT2D eigenvalue weighted by molar-refractivity contribution is 0.179. The van der Waals surface area contributed by atoms with E-state index in [-0.39, 0.29) is 6.42 Å². The molecule has 0 aliphatic carbocycles. The molecule has 2 unspecified atom stereocenters. The van der Waals surface area contributed by atoms with Crippen LogP contribution in [0.15, 0.2) is 0 Å². The molecule has 0 aromatic heterocycles. The normalized spacial score (nSPS) is 14.4. The molecule has 4 nitrogen and oxygen atoms in total. The third-order valence-electron chi connectivity index (χ3n) is 5.40. The van der Waals surface area contributed by atoms with Crippen LogP contribution in [0.4, 0.5) is 0 Å². The molecule has 0 aliphatic heterocycles. The Morgan fingerprint density at radius 1 is 0.667 bits per heavy atom. The van der Waals surface area contributed by atoms with Gasteiger partial charge in [0.15, 0.2) is 0 Å². The fourth-order valence-corrected chi connectivity index (χ4v) is 4.68. The minimum absolute atomic E-state index is 0.123. The second-order valence-corrected chi connectivity index (χ2v) is 10.0. The Bertz CT molecular complexity index is 407. The van der Waals surface area contributed by atoms with Crippen LogP contribution in [-0.2, 0) is 10.1 Å². The van der Waals surface area contributed by atoms with E-state index in [0.29, 0.717) is 6.42 Å². The van der Waals surface area contributed by atoms with Gasteiger partial charge in [0.1, 0.15) is 0 Å². The highest BCUT2D eigenvalue weighted by atomic mass is 32.2. The molecule has 0 spiro atoms. The van der Waals surface area contributed by atoms with Gasteiger partial charge in [-0.2, -0.15) is 8.42 Å². The third-order valence-corrected chi connectivity index (χ3v) is 6.68. The van der Waals surface area contributed by atoms with Crippen LogP contribution in [0.1, 0.15) is 129 Å². The quantitative estimate of drug-likeness (QED) is 0.175. The maximum absolute atomic E-state index is 11.3. The van der Waals surface area contributed by atoms with E-state index in [4.69, 9.17) is 0 Å². The van der Waals surface area contributed by atoms with Crippen LogP contribution in [0.3, 0.4) is 0 Å². The van der Waals surface area contributed by atoms with Gasteiger partial charge >= 0.3 is 0 Å². The van der Waals surface area contributed by atoms with Crippen molar-refractivity contribution in [2.75, 3.05) is 0 Å². The van der Waals surface area contributed by atoms with E-state index < -0.39 is 21.5 Å². The van der Waals surface area contributed by atoms with Crippen molar-refractivity contribution in [3.63, 3.8) is 0 Å². The van der Waals surface area contributed by atoms with Crippen molar-refractivity contribution in [2.45, 2.75) is 141 Å². The maximum atomic E-state index is 11.3. The average molecular weight is 407 g/mol. The van der Waals surface area contributed by atoms with Crippen molar-refractivity contribution in [3.05, 3.63) is 0 Å². The molecular weight excluding hydrogens is 360 g/mol. The van der Waals surface area contributed by atoms with Crippen molar-refractivity contribution in [1.82, 2.24) is 0 Å². The Balaban J connectivity index is 3.37. The van der Waals surface area contributed by atoms with Gasteiger partial charge in [0.05, 0.1) is 11.4 Å². The highest BCUT2D eigenvalue weighted by molar-refractivity contribution is 7.86. The first-order valence-corrected chi connectivity index (χ1v) is 13.0. The number of hydrogen-bond acceptors (Lipinski definition) is 3. The lowest BCUT2D eigenvalue weighted by Gasteiger charge is -2.15. The van der Waals surface area contributed by atoms with E-state index in [0.717, 1.165) is 19.3 Å². The minimum atomic E-state index is -4.04. The molecule has 0 fully saturated rings. The summed E-state index contributed by atoms with van der Waals surface area (Å²) in [6.07, 6.45) is 20.5. The van der Waals surface area contributed by atoms with Crippen LogP contribution in [0.5, 0.6) is 0 Å². The summed E-state index contributed by atoms with van der Waals surface area (Å²) in [6.45, 7) is 3.82. The predicted molar refractivity (Wildman–Crippen MR) is 116 cm³/mol. The molecule has 0 radical (unpaired) electrons. The van der Waals surface area contributed by atoms with Gasteiger partial charge in [0, 0.05) is 0 Å². The van der Waals surface area contributed by atoms with Crippen LogP contribution in [0, 0.1) is 0 Å². The van der Waals surface area contributed by atoms with Crippen molar-refractivity contribution in [1.29, 1.82) is 0 Å². The van der Waals surface area contributed by atoms with E-state index in [9.17, 15) is 18.1 Å². The topological polar surface area (TPSA) is 74.6 Å². The first-order valence-electron chi connectivity index (χ1n) is 11.5. The maximum Gasteiger partial charge on any atom is 0.267 e. The lowest BCUT2D eigenvalue weighted by Crippen LogP contribution is -2.24. The molecular formula is C22H46O4S. The summed E-state index contributed by atoms with van der Waals surface area (Å²) >= 11 is 0. The number of rotatable bonds is 20. The number of aliphatic hydroxyl groups is 1. The second-order valence-electron chi connectivity index (χ2n) is 8.31. The molecule has 0 aliphatic rings. The molecule has 164 valence electrons. The fourth-order valence-electron chi connectivity index (χ4n) is 3.69. The zero-order chi connectivity index (χ0) is 20.4. The second kappa shape index (κ2) is 17.9. The van der Waals surface area contributed by atoms with E-state index in [1.807, 2.05) is 0 Å². The zero-order valence-corrected chi connectivity index (χ0v) is 18.8. The Hall–Kier alpha value is -0.130. The lowest BCUT2D eigenvalue weighted by atomic mass is 10.0. The van der Waals surface area contributed by atoms with E-state index in [1.54, 1.807) is 6.92 Å². The van der Waals surface area contributed by atoms with Gasteiger partial charge in [0.25, 0.3) is 10.1 Å². The molecule has 0 aromatic rings. The van der Waals surface area contributed by atoms with Crippen LogP contribution < -0.4 is 0 Å². The van der Waals surface area contributed by atoms with Crippen LogP contribution in [0.25, 0.3) is 0 Å². The molecule has 0 aromatic carbocycles. The van der Waals surface area contributed by atoms with Gasteiger partial charge in [0.2, 0.25) is 0 Å². The molecule has 2 N–H and O–H groups in total. The summed E-state index contributed by atoms with van der Waals surface area (Å²) in [6, 6.07) is 0. The molecule has 0 rings (SSSR count). The van der Waals surface area contributed by atoms with E-state index in [1.165, 1.54) is 83.5 Å². The SMILES string of the molecule is CCCCCCCCCCCCCCCCCCC(CC(C)O)S(=O)(=O)O. The first kappa shape index (κ1) is 26.9. The molecule has 5 heteroatoms. The predicted octanol–water partition coefficient (Wildman–Crippen LogP) is 6.67. The summed E-state index contributed by atoms with van der Waals surface area (Å²) in [5.74, 6) is 0. The number of aliphatic hydroxyl groups excluding tert-OH is 1. The van der Waals surface area contributed by atoms with Crippen molar-refractivity contribution < 1.29 is 18.1 Å². The molecule has 0 amide bonds. The van der Waals surface area contributed by atoms with E-state index in [2.05, 4.69) is 6.92 Å². The Morgan fingerprint density at radius 2 is 1.00 bits per heavy atom. The molecule has 27 heavy (non-hydrogen) atoms. The van der Waals surface area contributed by atoms with Gasteiger partial charge in [-0.05, 0) is 19.8 Å². The highest BCUT2D eigenvalue weighted by Crippen LogP contribution is 2.18. The summed E-state index contributed by atoms with van der Waals surface area (Å²) in [5, 5.41) is 8.53. The average Bonchev–Trinajstić information content (AvgIpc) is 2.59. The van der Waals surface area contributed by atoms with Gasteiger partial charge in [-0.25, -0.2) is 0 Å². The standard InChI is InChI=1S/C22H46O4S/c1-3-4-5-6-7-8-9-10-11-12-13-14-15-16-17-18-19-22(20-21(2)23)27(24,25)26/h21-23H,3-20H2,1-2H3,(H,24,25,26). The monoisotopic (exact) mass is 406 g/mol.